The SMILES string of the molecule is CN=C(NCC(=O)N1CCN(c2ccc(Cl)cc2)CC1)Nc1ccc(OC)c(OC)c1.I. The van der Waals surface area contributed by atoms with Crippen LogP contribution in [0.25, 0.3) is 0 Å². The zero-order valence-electron chi connectivity index (χ0n) is 18.4. The van der Waals surface area contributed by atoms with Crippen molar-refractivity contribution in [3.63, 3.8) is 0 Å². The van der Waals surface area contributed by atoms with E-state index in [1.807, 2.05) is 41.3 Å². The highest BCUT2D eigenvalue weighted by Gasteiger charge is 2.21. The van der Waals surface area contributed by atoms with E-state index in [1.54, 1.807) is 27.3 Å². The van der Waals surface area contributed by atoms with Gasteiger partial charge >= 0.3 is 0 Å². The molecule has 2 aromatic carbocycles. The van der Waals surface area contributed by atoms with Crippen LogP contribution in [-0.4, -0.2) is 70.8 Å². The Labute approximate surface area is 210 Å². The van der Waals surface area contributed by atoms with Crippen molar-refractivity contribution in [2.75, 3.05) is 64.2 Å². The van der Waals surface area contributed by atoms with Crippen molar-refractivity contribution in [3.05, 3.63) is 47.5 Å². The molecule has 0 aliphatic carbocycles. The number of methoxy groups -OCH3 is 2. The van der Waals surface area contributed by atoms with Gasteiger partial charge in [-0.1, -0.05) is 11.6 Å². The molecular formula is C22H29ClIN5O3. The van der Waals surface area contributed by atoms with Crippen LogP contribution in [0.3, 0.4) is 0 Å². The summed E-state index contributed by atoms with van der Waals surface area (Å²) in [6, 6.07) is 13.2. The Morgan fingerprint density at radius 3 is 2.28 bits per heavy atom. The lowest BCUT2D eigenvalue weighted by Gasteiger charge is -2.36. The Morgan fingerprint density at radius 2 is 1.69 bits per heavy atom. The van der Waals surface area contributed by atoms with E-state index in [0.717, 1.165) is 29.5 Å². The van der Waals surface area contributed by atoms with Gasteiger partial charge in [-0.2, -0.15) is 0 Å². The minimum atomic E-state index is 0. The highest BCUT2D eigenvalue weighted by molar-refractivity contribution is 14.0. The van der Waals surface area contributed by atoms with Crippen LogP contribution >= 0.6 is 35.6 Å². The Balaban J connectivity index is 0.00000363. The predicted octanol–water partition coefficient (Wildman–Crippen LogP) is 3.31. The number of ether oxygens (including phenoxy) is 2. The zero-order chi connectivity index (χ0) is 22.2. The number of benzene rings is 2. The lowest BCUT2D eigenvalue weighted by Crippen LogP contribution is -2.51. The van der Waals surface area contributed by atoms with E-state index in [-0.39, 0.29) is 36.4 Å². The van der Waals surface area contributed by atoms with Gasteiger partial charge in [0.15, 0.2) is 17.5 Å². The first kappa shape index (κ1) is 25.9. The van der Waals surface area contributed by atoms with E-state index >= 15 is 0 Å². The van der Waals surface area contributed by atoms with Crippen molar-refractivity contribution in [2.24, 2.45) is 4.99 Å². The molecule has 174 valence electrons. The number of nitrogens with zero attached hydrogens (tertiary/aromatic N) is 3. The maximum atomic E-state index is 12.7. The Morgan fingerprint density at radius 1 is 1.03 bits per heavy atom. The fourth-order valence-corrected chi connectivity index (χ4v) is 3.49. The number of anilines is 2. The van der Waals surface area contributed by atoms with E-state index < -0.39 is 0 Å². The minimum Gasteiger partial charge on any atom is -0.493 e. The zero-order valence-corrected chi connectivity index (χ0v) is 21.5. The Hall–Kier alpha value is -2.40. The molecule has 2 aromatic rings. The monoisotopic (exact) mass is 573 g/mol. The largest absolute Gasteiger partial charge is 0.493 e. The van der Waals surface area contributed by atoms with Gasteiger partial charge in [0.2, 0.25) is 5.91 Å². The van der Waals surface area contributed by atoms with E-state index in [0.29, 0.717) is 30.5 Å². The van der Waals surface area contributed by atoms with Crippen LogP contribution in [0.2, 0.25) is 5.02 Å². The molecule has 1 amide bonds. The second-order valence-electron chi connectivity index (χ2n) is 6.96. The van der Waals surface area contributed by atoms with Crippen LogP contribution in [0.5, 0.6) is 11.5 Å². The first-order chi connectivity index (χ1) is 15.0. The van der Waals surface area contributed by atoms with Gasteiger partial charge < -0.3 is 29.9 Å². The molecule has 1 aliphatic rings. The van der Waals surface area contributed by atoms with Gasteiger partial charge in [0.05, 0.1) is 20.8 Å². The Bertz CT molecular complexity index is 918. The summed E-state index contributed by atoms with van der Waals surface area (Å²) >= 11 is 5.96. The van der Waals surface area contributed by atoms with Crippen molar-refractivity contribution in [2.45, 2.75) is 0 Å². The number of hydrogen-bond acceptors (Lipinski definition) is 5. The van der Waals surface area contributed by atoms with Crippen LogP contribution in [0.1, 0.15) is 0 Å². The number of hydrogen-bond donors (Lipinski definition) is 2. The molecule has 1 saturated heterocycles. The second-order valence-corrected chi connectivity index (χ2v) is 7.40. The number of aliphatic imine (C=N–C) groups is 1. The van der Waals surface area contributed by atoms with Gasteiger partial charge in [-0.05, 0) is 36.4 Å². The predicted molar refractivity (Wildman–Crippen MR) is 140 cm³/mol. The molecule has 32 heavy (non-hydrogen) atoms. The number of carbonyl (C=O) groups is 1. The third kappa shape index (κ3) is 6.80. The maximum Gasteiger partial charge on any atom is 0.242 e. The van der Waals surface area contributed by atoms with Crippen molar-refractivity contribution in [1.82, 2.24) is 10.2 Å². The third-order valence-corrected chi connectivity index (χ3v) is 5.35. The van der Waals surface area contributed by atoms with Gasteiger partial charge in [-0.3, -0.25) is 9.79 Å². The third-order valence-electron chi connectivity index (χ3n) is 5.10. The number of piperazine rings is 1. The quantitative estimate of drug-likeness (QED) is 0.314. The van der Waals surface area contributed by atoms with Gasteiger partial charge in [0.1, 0.15) is 0 Å². The normalized spacial score (nSPS) is 13.8. The minimum absolute atomic E-state index is 0. The molecule has 0 saturated carbocycles. The van der Waals surface area contributed by atoms with Crippen LogP contribution < -0.4 is 25.0 Å². The highest BCUT2D eigenvalue weighted by atomic mass is 127. The van der Waals surface area contributed by atoms with E-state index in [1.165, 1.54) is 0 Å². The summed E-state index contributed by atoms with van der Waals surface area (Å²) in [5.41, 5.74) is 1.89. The average molecular weight is 574 g/mol. The summed E-state index contributed by atoms with van der Waals surface area (Å²) in [4.78, 5) is 21.0. The molecule has 3 rings (SSSR count). The molecular weight excluding hydrogens is 545 g/mol. The fraction of sp³-hybridized carbons (Fsp3) is 0.364. The van der Waals surface area contributed by atoms with Crippen LogP contribution in [-0.2, 0) is 4.79 Å². The van der Waals surface area contributed by atoms with Gasteiger partial charge in [0, 0.05) is 55.7 Å². The molecule has 0 radical (unpaired) electrons. The lowest BCUT2D eigenvalue weighted by molar-refractivity contribution is -0.130. The Kier molecular flexibility index (Phi) is 10.2. The number of guanidine groups is 1. The molecule has 1 fully saturated rings. The molecule has 0 aromatic heterocycles. The van der Waals surface area contributed by atoms with E-state index in [4.69, 9.17) is 21.1 Å². The van der Waals surface area contributed by atoms with Crippen molar-refractivity contribution >= 4 is 58.8 Å². The fourth-order valence-electron chi connectivity index (χ4n) is 3.37. The number of nitrogens with one attached hydrogen (secondary N) is 2. The van der Waals surface area contributed by atoms with Crippen LogP contribution in [0.4, 0.5) is 11.4 Å². The maximum absolute atomic E-state index is 12.7. The summed E-state index contributed by atoms with van der Waals surface area (Å²) in [7, 11) is 4.83. The first-order valence-electron chi connectivity index (χ1n) is 10.0. The molecule has 2 N–H and O–H groups in total. The summed E-state index contributed by atoms with van der Waals surface area (Å²) < 4.78 is 10.6. The second kappa shape index (κ2) is 12.6. The van der Waals surface area contributed by atoms with E-state index in [2.05, 4.69) is 20.5 Å². The van der Waals surface area contributed by atoms with E-state index in [9.17, 15) is 4.79 Å². The number of rotatable bonds is 6. The van der Waals surface area contributed by atoms with Crippen LogP contribution in [0, 0.1) is 0 Å². The molecule has 0 atom stereocenters. The number of carbonyl (C=O) groups excluding carboxylic acids is 1. The summed E-state index contributed by atoms with van der Waals surface area (Å²) in [6.07, 6.45) is 0. The summed E-state index contributed by atoms with van der Waals surface area (Å²) in [6.45, 7) is 3.07. The molecule has 1 aliphatic heterocycles. The summed E-state index contributed by atoms with van der Waals surface area (Å²) in [5, 5.41) is 6.96. The van der Waals surface area contributed by atoms with Crippen molar-refractivity contribution < 1.29 is 14.3 Å². The van der Waals surface area contributed by atoms with Crippen molar-refractivity contribution in [1.29, 1.82) is 0 Å². The lowest BCUT2D eigenvalue weighted by atomic mass is 10.2. The molecule has 10 heteroatoms. The smallest absolute Gasteiger partial charge is 0.242 e. The average Bonchev–Trinajstić information content (AvgIpc) is 2.82. The van der Waals surface area contributed by atoms with Gasteiger partial charge in [0.25, 0.3) is 0 Å². The first-order valence-corrected chi connectivity index (χ1v) is 10.4. The molecule has 8 nitrogen and oxygen atoms in total. The number of halogens is 2. The standard InChI is InChI=1S/C22H28ClN5O3.HI/c1-24-22(26-17-6-9-19(30-2)20(14-17)31-3)25-15-21(29)28-12-10-27(11-13-28)18-7-4-16(23)5-8-18;/h4-9,14H,10-13,15H2,1-3H3,(H2,24,25,26);1H. The highest BCUT2D eigenvalue weighted by Crippen LogP contribution is 2.29. The molecule has 1 heterocycles. The topological polar surface area (TPSA) is 78.4 Å². The van der Waals surface area contributed by atoms with Gasteiger partial charge in [-0.25, -0.2) is 0 Å². The molecule has 0 spiro atoms. The number of amides is 1. The molecule has 0 bridgehead atoms. The van der Waals surface area contributed by atoms with Crippen molar-refractivity contribution in [3.8, 4) is 11.5 Å². The van der Waals surface area contributed by atoms with Crippen LogP contribution in [0.15, 0.2) is 47.5 Å². The van der Waals surface area contributed by atoms with Gasteiger partial charge in [-0.15, -0.1) is 24.0 Å². The molecule has 0 unspecified atom stereocenters. The summed E-state index contributed by atoms with van der Waals surface area (Å²) in [5.74, 6) is 1.79.